The predicted octanol–water partition coefficient (Wildman–Crippen LogP) is 7.40. The molecule has 1 nitrogen and oxygen atoms in total. The molecule has 0 aromatic heterocycles. The van der Waals surface area contributed by atoms with E-state index in [1.165, 1.54) is 103 Å². The summed E-state index contributed by atoms with van der Waals surface area (Å²) in [4.78, 5) is 0. The van der Waals surface area contributed by atoms with E-state index in [1.807, 2.05) is 0 Å². The Balaban J connectivity index is 3.06. The molecule has 0 aromatic rings. The van der Waals surface area contributed by atoms with Gasteiger partial charge < -0.3 is 5.73 Å². The summed E-state index contributed by atoms with van der Waals surface area (Å²) in [6.07, 6.45) is 26.9. The maximum Gasteiger partial charge on any atom is -0.00773 e. The second-order valence-corrected chi connectivity index (χ2v) is 7.62. The molecule has 0 radical (unpaired) electrons. The molecule has 0 aliphatic carbocycles. The molecular formula is C22H45N. The molecule has 0 bridgehead atoms. The van der Waals surface area contributed by atoms with Gasteiger partial charge in [0.05, 0.1) is 0 Å². The molecule has 0 amide bonds. The van der Waals surface area contributed by atoms with Crippen LogP contribution in [-0.2, 0) is 0 Å². The van der Waals surface area contributed by atoms with Crippen LogP contribution in [0.25, 0.3) is 0 Å². The summed E-state index contributed by atoms with van der Waals surface area (Å²) in [6, 6.07) is 0. The molecule has 0 saturated heterocycles. The normalized spacial score (nSPS) is 11.8. The van der Waals surface area contributed by atoms with Crippen LogP contribution in [0.3, 0.4) is 0 Å². The molecular weight excluding hydrogens is 278 g/mol. The quantitative estimate of drug-likeness (QED) is 0.206. The number of allylic oxidation sites excluding steroid dienone is 2. The van der Waals surface area contributed by atoms with Gasteiger partial charge in [-0.3, -0.25) is 0 Å². The van der Waals surface area contributed by atoms with Gasteiger partial charge in [0, 0.05) is 0 Å². The zero-order valence-corrected chi connectivity index (χ0v) is 16.3. The molecule has 0 rings (SSSR count). The van der Waals surface area contributed by atoms with Crippen LogP contribution >= 0.6 is 0 Å². The lowest BCUT2D eigenvalue weighted by Crippen LogP contribution is -1.97. The fraction of sp³-hybridized carbons (Fsp3) is 0.909. The lowest BCUT2D eigenvalue weighted by atomic mass is 10.0. The highest BCUT2D eigenvalue weighted by Crippen LogP contribution is 2.12. The van der Waals surface area contributed by atoms with Crippen LogP contribution in [0.2, 0.25) is 0 Å². The van der Waals surface area contributed by atoms with Gasteiger partial charge in [-0.15, -0.1) is 0 Å². The van der Waals surface area contributed by atoms with Crippen molar-refractivity contribution in [3.05, 3.63) is 12.2 Å². The Bertz CT molecular complexity index is 232. The average Bonchev–Trinajstić information content (AvgIpc) is 2.53. The van der Waals surface area contributed by atoms with Crippen LogP contribution < -0.4 is 5.73 Å². The summed E-state index contributed by atoms with van der Waals surface area (Å²) in [5.74, 6) is 0.883. The van der Waals surface area contributed by atoms with E-state index in [4.69, 9.17) is 5.73 Å². The van der Waals surface area contributed by atoms with Crippen LogP contribution in [0.1, 0.15) is 117 Å². The first-order valence-corrected chi connectivity index (χ1v) is 10.6. The highest BCUT2D eigenvalue weighted by atomic mass is 14.5. The van der Waals surface area contributed by atoms with Gasteiger partial charge >= 0.3 is 0 Å². The highest BCUT2D eigenvalue weighted by Gasteiger charge is 1.94. The first-order chi connectivity index (χ1) is 11.3. The summed E-state index contributed by atoms with van der Waals surface area (Å²) in [6.45, 7) is 5.52. The van der Waals surface area contributed by atoms with E-state index >= 15 is 0 Å². The van der Waals surface area contributed by atoms with E-state index in [9.17, 15) is 0 Å². The van der Waals surface area contributed by atoms with E-state index in [0.717, 1.165) is 12.5 Å². The van der Waals surface area contributed by atoms with Crippen molar-refractivity contribution in [2.45, 2.75) is 117 Å². The minimum atomic E-state index is 0.866. The van der Waals surface area contributed by atoms with Crippen molar-refractivity contribution in [1.82, 2.24) is 0 Å². The van der Waals surface area contributed by atoms with Crippen molar-refractivity contribution in [1.29, 1.82) is 0 Å². The molecule has 0 aromatic carbocycles. The van der Waals surface area contributed by atoms with E-state index in [-0.39, 0.29) is 0 Å². The Labute approximate surface area is 147 Å². The van der Waals surface area contributed by atoms with Gasteiger partial charge in [-0.1, -0.05) is 96.6 Å². The van der Waals surface area contributed by atoms with Gasteiger partial charge in [0.15, 0.2) is 0 Å². The third-order valence-corrected chi connectivity index (χ3v) is 4.64. The Morgan fingerprint density at radius 2 is 0.957 bits per heavy atom. The summed E-state index contributed by atoms with van der Waals surface area (Å²) in [5, 5.41) is 0. The fourth-order valence-electron chi connectivity index (χ4n) is 3.05. The van der Waals surface area contributed by atoms with Crippen molar-refractivity contribution in [3.8, 4) is 0 Å². The predicted molar refractivity (Wildman–Crippen MR) is 107 cm³/mol. The lowest BCUT2D eigenvalue weighted by molar-refractivity contribution is 0.516. The number of hydrogen-bond donors (Lipinski definition) is 1. The maximum atomic E-state index is 5.50. The minimum absolute atomic E-state index is 0.866. The standard InChI is InChI=1S/C22H45N/c1-22(2)20-18-16-14-12-10-8-6-4-3-5-7-9-11-13-15-17-19-21-23/h4,6,22H,3,5,7-21,23H2,1-2H3/b6-4-. The lowest BCUT2D eigenvalue weighted by Gasteiger charge is -2.03. The number of hydrogen-bond acceptors (Lipinski definition) is 1. The zero-order chi connectivity index (χ0) is 17.0. The molecule has 0 atom stereocenters. The van der Waals surface area contributed by atoms with Crippen LogP contribution in [-0.4, -0.2) is 6.54 Å². The smallest absolute Gasteiger partial charge is 0.00773 e. The molecule has 0 saturated carbocycles. The monoisotopic (exact) mass is 323 g/mol. The van der Waals surface area contributed by atoms with Crippen molar-refractivity contribution < 1.29 is 0 Å². The average molecular weight is 324 g/mol. The summed E-state index contributed by atoms with van der Waals surface area (Å²) in [5.41, 5.74) is 5.50. The maximum absolute atomic E-state index is 5.50. The van der Waals surface area contributed by atoms with Crippen molar-refractivity contribution in [3.63, 3.8) is 0 Å². The van der Waals surface area contributed by atoms with Crippen molar-refractivity contribution in [2.24, 2.45) is 11.7 Å². The molecule has 138 valence electrons. The van der Waals surface area contributed by atoms with Gasteiger partial charge in [0.2, 0.25) is 0 Å². The summed E-state index contributed by atoms with van der Waals surface area (Å²) < 4.78 is 0. The Morgan fingerprint density at radius 3 is 1.39 bits per heavy atom. The van der Waals surface area contributed by atoms with Gasteiger partial charge in [-0.05, 0) is 44.6 Å². The third kappa shape index (κ3) is 21.7. The molecule has 0 aliphatic heterocycles. The largest absolute Gasteiger partial charge is 0.330 e. The van der Waals surface area contributed by atoms with Crippen LogP contribution in [0.15, 0.2) is 12.2 Å². The van der Waals surface area contributed by atoms with Gasteiger partial charge in [-0.2, -0.15) is 0 Å². The molecule has 0 aliphatic rings. The topological polar surface area (TPSA) is 26.0 Å². The molecule has 2 N–H and O–H groups in total. The molecule has 0 heterocycles. The molecule has 0 unspecified atom stereocenters. The number of rotatable bonds is 18. The van der Waals surface area contributed by atoms with Crippen LogP contribution in [0.4, 0.5) is 0 Å². The third-order valence-electron chi connectivity index (χ3n) is 4.64. The molecule has 0 fully saturated rings. The Hall–Kier alpha value is -0.300. The zero-order valence-electron chi connectivity index (χ0n) is 16.3. The van der Waals surface area contributed by atoms with Gasteiger partial charge in [0.25, 0.3) is 0 Å². The van der Waals surface area contributed by atoms with Gasteiger partial charge in [-0.25, -0.2) is 0 Å². The number of unbranched alkanes of at least 4 members (excludes halogenated alkanes) is 13. The second kappa shape index (κ2) is 19.7. The SMILES string of the molecule is CC(C)CCCCCCC/C=C\CCCCCCCCCCN. The number of nitrogens with two attached hydrogens (primary N) is 1. The van der Waals surface area contributed by atoms with Gasteiger partial charge in [0.1, 0.15) is 0 Å². The highest BCUT2D eigenvalue weighted by molar-refractivity contribution is 4.81. The second-order valence-electron chi connectivity index (χ2n) is 7.62. The molecule has 23 heavy (non-hydrogen) atoms. The van der Waals surface area contributed by atoms with E-state index in [2.05, 4.69) is 26.0 Å². The Morgan fingerprint density at radius 1 is 0.565 bits per heavy atom. The van der Waals surface area contributed by atoms with Crippen molar-refractivity contribution >= 4 is 0 Å². The molecule has 1 heteroatoms. The van der Waals surface area contributed by atoms with E-state index in [0.29, 0.717) is 0 Å². The fourth-order valence-corrected chi connectivity index (χ4v) is 3.05. The van der Waals surface area contributed by atoms with E-state index < -0.39 is 0 Å². The first-order valence-electron chi connectivity index (χ1n) is 10.6. The summed E-state index contributed by atoms with van der Waals surface area (Å²) in [7, 11) is 0. The Kier molecular flexibility index (Phi) is 19.5. The minimum Gasteiger partial charge on any atom is -0.330 e. The molecule has 0 spiro atoms. The van der Waals surface area contributed by atoms with Crippen LogP contribution in [0, 0.1) is 5.92 Å². The first kappa shape index (κ1) is 22.7. The van der Waals surface area contributed by atoms with E-state index in [1.54, 1.807) is 0 Å². The van der Waals surface area contributed by atoms with Crippen LogP contribution in [0.5, 0.6) is 0 Å². The summed E-state index contributed by atoms with van der Waals surface area (Å²) >= 11 is 0. The van der Waals surface area contributed by atoms with Crippen molar-refractivity contribution in [2.75, 3.05) is 6.54 Å².